The lowest BCUT2D eigenvalue weighted by atomic mass is 9.92. The molecule has 0 aromatic carbocycles. The minimum absolute atomic E-state index is 0.0293. The summed E-state index contributed by atoms with van der Waals surface area (Å²) in [6, 6.07) is 4.41. The molecule has 28 heavy (non-hydrogen) atoms. The third kappa shape index (κ3) is 6.86. The fourth-order valence-electron chi connectivity index (χ4n) is 3.44. The van der Waals surface area contributed by atoms with Crippen molar-refractivity contribution in [3.05, 3.63) is 24.2 Å². The van der Waals surface area contributed by atoms with Gasteiger partial charge >= 0.3 is 0 Å². The Morgan fingerprint density at radius 2 is 2.14 bits per heavy atom. The lowest BCUT2D eigenvalue weighted by Gasteiger charge is -2.25. The predicted octanol–water partition coefficient (Wildman–Crippen LogP) is 2.00. The van der Waals surface area contributed by atoms with E-state index in [4.69, 9.17) is 9.41 Å². The van der Waals surface area contributed by atoms with Gasteiger partial charge in [0.05, 0.1) is 18.2 Å². The van der Waals surface area contributed by atoms with Gasteiger partial charge in [-0.15, -0.1) is 0 Å². The number of guanidine groups is 1. The number of likely N-dealkylation sites (tertiary alicyclic amines) is 1. The molecule has 3 N–H and O–H groups in total. The number of carbonyl (C=O) groups is 1. The maximum absolute atomic E-state index is 12.3. The van der Waals surface area contributed by atoms with Crippen LogP contribution >= 0.6 is 0 Å². The number of hydrogen-bond donors (Lipinski definition) is 3. The molecule has 1 fully saturated rings. The molecule has 1 aromatic heterocycles. The van der Waals surface area contributed by atoms with Crippen molar-refractivity contribution in [3.8, 4) is 0 Å². The number of amides is 1. The Kier molecular flexibility index (Phi) is 8.83. The fraction of sp³-hybridized carbons (Fsp3) is 0.714. The standard InChI is InChI=1S/C21H37N5O2/c1-5-22-19(27)21(3,4)16-25-20(23-12-11-18-10-8-14-28-18)24-15-17-9-7-13-26(17)6-2/h8,10,14,17H,5-7,9,11-13,15-16H2,1-4H3,(H,22,27)(H2,23,24,25). The Morgan fingerprint density at radius 1 is 1.32 bits per heavy atom. The molecule has 7 nitrogen and oxygen atoms in total. The molecule has 158 valence electrons. The van der Waals surface area contributed by atoms with Crippen LogP contribution in [0.2, 0.25) is 0 Å². The summed E-state index contributed by atoms with van der Waals surface area (Å²) in [5.41, 5.74) is -0.547. The fourth-order valence-corrected chi connectivity index (χ4v) is 3.44. The van der Waals surface area contributed by atoms with Crippen LogP contribution in [-0.4, -0.2) is 62.1 Å². The number of furan rings is 1. The van der Waals surface area contributed by atoms with Gasteiger partial charge < -0.3 is 20.4 Å². The SMILES string of the molecule is CCNC(=O)C(C)(C)CN=C(NCCc1ccco1)NCC1CCCN1CC. The van der Waals surface area contributed by atoms with Crippen LogP contribution in [0.1, 0.15) is 46.3 Å². The van der Waals surface area contributed by atoms with Gasteiger partial charge in [0.2, 0.25) is 5.91 Å². The van der Waals surface area contributed by atoms with Gasteiger partial charge in [0.25, 0.3) is 0 Å². The second-order valence-corrected chi connectivity index (χ2v) is 7.97. The lowest BCUT2D eigenvalue weighted by molar-refractivity contribution is -0.128. The molecule has 1 saturated heterocycles. The molecule has 0 aliphatic carbocycles. The van der Waals surface area contributed by atoms with E-state index in [1.807, 2.05) is 32.9 Å². The van der Waals surface area contributed by atoms with Gasteiger partial charge in [-0.3, -0.25) is 14.7 Å². The second kappa shape index (κ2) is 11.1. The topological polar surface area (TPSA) is 81.9 Å². The molecule has 1 aliphatic rings. The van der Waals surface area contributed by atoms with Gasteiger partial charge in [-0.05, 0) is 58.8 Å². The zero-order chi connectivity index (χ0) is 20.4. The highest BCUT2D eigenvalue weighted by atomic mass is 16.3. The normalized spacial score (nSPS) is 18.3. The van der Waals surface area contributed by atoms with Gasteiger partial charge in [0.1, 0.15) is 5.76 Å². The summed E-state index contributed by atoms with van der Waals surface area (Å²) in [5.74, 6) is 1.73. The number of rotatable bonds is 10. The first-order valence-corrected chi connectivity index (χ1v) is 10.5. The van der Waals surface area contributed by atoms with Crippen molar-refractivity contribution in [2.45, 2.75) is 53.0 Å². The summed E-state index contributed by atoms with van der Waals surface area (Å²) in [7, 11) is 0. The van der Waals surface area contributed by atoms with Crippen LogP contribution < -0.4 is 16.0 Å². The molecule has 1 aromatic rings. The number of hydrogen-bond acceptors (Lipinski definition) is 4. The van der Waals surface area contributed by atoms with Crippen molar-refractivity contribution in [1.82, 2.24) is 20.9 Å². The number of aliphatic imine (C=N–C) groups is 1. The number of carbonyl (C=O) groups excluding carboxylic acids is 1. The monoisotopic (exact) mass is 391 g/mol. The maximum atomic E-state index is 12.3. The highest BCUT2D eigenvalue weighted by Crippen LogP contribution is 2.16. The van der Waals surface area contributed by atoms with Crippen LogP contribution in [0.25, 0.3) is 0 Å². The first-order chi connectivity index (χ1) is 13.5. The van der Waals surface area contributed by atoms with Crippen molar-refractivity contribution in [3.63, 3.8) is 0 Å². The number of nitrogens with zero attached hydrogens (tertiary/aromatic N) is 2. The Bertz CT molecular complexity index is 612. The van der Waals surface area contributed by atoms with Crippen LogP contribution in [-0.2, 0) is 11.2 Å². The molecule has 7 heteroatoms. The molecule has 1 atom stereocenters. The summed E-state index contributed by atoms with van der Waals surface area (Å²) in [6.45, 7) is 12.9. The molecule has 0 spiro atoms. The van der Waals surface area contributed by atoms with Crippen LogP contribution in [0.5, 0.6) is 0 Å². The van der Waals surface area contributed by atoms with Gasteiger partial charge in [-0.25, -0.2) is 0 Å². The van der Waals surface area contributed by atoms with Crippen molar-refractivity contribution in [2.75, 3.05) is 39.3 Å². The van der Waals surface area contributed by atoms with E-state index in [0.717, 1.165) is 37.8 Å². The zero-order valence-corrected chi connectivity index (χ0v) is 17.9. The third-order valence-electron chi connectivity index (χ3n) is 5.24. The molecular weight excluding hydrogens is 354 g/mol. The summed E-state index contributed by atoms with van der Waals surface area (Å²) in [5, 5.41) is 9.76. The Hall–Kier alpha value is -2.02. The van der Waals surface area contributed by atoms with E-state index >= 15 is 0 Å². The van der Waals surface area contributed by atoms with Crippen LogP contribution in [0.4, 0.5) is 0 Å². The van der Waals surface area contributed by atoms with Gasteiger partial charge in [-0.2, -0.15) is 0 Å². The van der Waals surface area contributed by atoms with E-state index in [1.54, 1.807) is 6.26 Å². The molecule has 1 amide bonds. The largest absolute Gasteiger partial charge is 0.469 e. The van der Waals surface area contributed by atoms with E-state index in [0.29, 0.717) is 19.1 Å². The smallest absolute Gasteiger partial charge is 0.227 e. The summed E-state index contributed by atoms with van der Waals surface area (Å²) in [4.78, 5) is 19.5. The Morgan fingerprint density at radius 3 is 2.82 bits per heavy atom. The first-order valence-electron chi connectivity index (χ1n) is 10.5. The van der Waals surface area contributed by atoms with E-state index in [2.05, 4.69) is 27.8 Å². The minimum atomic E-state index is -0.547. The number of likely N-dealkylation sites (N-methyl/N-ethyl adjacent to an activating group) is 1. The van der Waals surface area contributed by atoms with Gasteiger partial charge in [0, 0.05) is 32.1 Å². The highest BCUT2D eigenvalue weighted by Gasteiger charge is 2.27. The van der Waals surface area contributed by atoms with E-state index in [-0.39, 0.29) is 5.91 Å². The molecule has 2 heterocycles. The number of nitrogens with one attached hydrogen (secondary N) is 3. The first kappa shape index (κ1) is 22.3. The van der Waals surface area contributed by atoms with Crippen LogP contribution in [0.3, 0.4) is 0 Å². The van der Waals surface area contributed by atoms with Crippen molar-refractivity contribution < 1.29 is 9.21 Å². The van der Waals surface area contributed by atoms with Crippen LogP contribution in [0, 0.1) is 5.41 Å². The Labute approximate surface area is 169 Å². The van der Waals surface area contributed by atoms with Crippen LogP contribution in [0.15, 0.2) is 27.8 Å². The van der Waals surface area contributed by atoms with Crippen molar-refractivity contribution in [1.29, 1.82) is 0 Å². The minimum Gasteiger partial charge on any atom is -0.469 e. The molecule has 2 rings (SSSR count). The average molecular weight is 392 g/mol. The predicted molar refractivity (Wildman–Crippen MR) is 113 cm³/mol. The van der Waals surface area contributed by atoms with Crippen molar-refractivity contribution in [2.24, 2.45) is 10.4 Å². The quantitative estimate of drug-likeness (QED) is 0.420. The maximum Gasteiger partial charge on any atom is 0.227 e. The van der Waals surface area contributed by atoms with E-state index < -0.39 is 5.41 Å². The van der Waals surface area contributed by atoms with Gasteiger partial charge in [0.15, 0.2) is 5.96 Å². The summed E-state index contributed by atoms with van der Waals surface area (Å²) in [6.07, 6.45) is 4.95. The van der Waals surface area contributed by atoms with E-state index in [9.17, 15) is 4.79 Å². The molecule has 0 radical (unpaired) electrons. The zero-order valence-electron chi connectivity index (χ0n) is 17.9. The molecule has 0 saturated carbocycles. The molecule has 1 aliphatic heterocycles. The summed E-state index contributed by atoms with van der Waals surface area (Å²) >= 11 is 0. The highest BCUT2D eigenvalue weighted by molar-refractivity contribution is 5.83. The Balaban J connectivity index is 1.94. The van der Waals surface area contributed by atoms with E-state index in [1.165, 1.54) is 19.4 Å². The lowest BCUT2D eigenvalue weighted by Crippen LogP contribution is -2.46. The molecular formula is C21H37N5O2. The molecule has 1 unspecified atom stereocenters. The van der Waals surface area contributed by atoms with Crippen molar-refractivity contribution >= 4 is 11.9 Å². The molecule has 0 bridgehead atoms. The second-order valence-electron chi connectivity index (χ2n) is 7.97. The van der Waals surface area contributed by atoms with Gasteiger partial charge in [-0.1, -0.05) is 6.92 Å². The average Bonchev–Trinajstić information content (AvgIpc) is 3.35. The summed E-state index contributed by atoms with van der Waals surface area (Å²) < 4.78 is 5.40. The third-order valence-corrected chi connectivity index (χ3v) is 5.24.